The number of H-pyrrole nitrogens is 1. The maximum absolute atomic E-state index is 11.1. The van der Waals surface area contributed by atoms with Crippen molar-refractivity contribution in [2.75, 3.05) is 0 Å². The largest absolute Gasteiger partial charge is 0.442 e. The fourth-order valence-electron chi connectivity index (χ4n) is 4.01. The van der Waals surface area contributed by atoms with Gasteiger partial charge in [-0.15, -0.1) is 0 Å². The van der Waals surface area contributed by atoms with Crippen molar-refractivity contribution in [3.8, 4) is 6.07 Å². The highest BCUT2D eigenvalue weighted by Gasteiger charge is 2.27. The summed E-state index contributed by atoms with van der Waals surface area (Å²) >= 11 is 0. The van der Waals surface area contributed by atoms with Crippen LogP contribution >= 0.6 is 0 Å². The molecule has 0 saturated heterocycles. The van der Waals surface area contributed by atoms with Crippen LogP contribution in [0.5, 0.6) is 0 Å². The van der Waals surface area contributed by atoms with Gasteiger partial charge >= 0.3 is 6.09 Å². The van der Waals surface area contributed by atoms with Gasteiger partial charge in [0.1, 0.15) is 17.0 Å². The summed E-state index contributed by atoms with van der Waals surface area (Å²) in [5, 5.41) is 9.93. The summed E-state index contributed by atoms with van der Waals surface area (Å²) in [5.41, 5.74) is 7.73. The van der Waals surface area contributed by atoms with Crippen LogP contribution in [-0.4, -0.2) is 25.6 Å². The van der Waals surface area contributed by atoms with Crippen molar-refractivity contribution in [2.24, 2.45) is 11.7 Å². The van der Waals surface area contributed by atoms with Gasteiger partial charge in [0.05, 0.1) is 17.8 Å². The number of rotatable bonds is 4. The molecule has 0 unspecified atom stereocenters. The summed E-state index contributed by atoms with van der Waals surface area (Å²) in [4.78, 5) is 23.3. The monoisotopic (exact) mass is 352 g/mol. The number of carbonyl (C=O) groups is 1. The minimum atomic E-state index is -0.814. The van der Waals surface area contributed by atoms with E-state index >= 15 is 0 Å². The standard InChI is InChI=1S/C18H20N6O2/c19-7-5-11-1-3-12(4-2-11)24-15(10-26-18(20)25)23-14-9-22-17-13(16(14)24)6-8-21-17/h6,8-9,11-12H,1-5,10H2,(H2,20,25)(H,21,22)/t11-,12-. The fraction of sp³-hybridized carbons (Fsp3) is 0.444. The van der Waals surface area contributed by atoms with Crippen LogP contribution in [0, 0.1) is 17.2 Å². The van der Waals surface area contributed by atoms with Crippen LogP contribution in [0.1, 0.15) is 44.0 Å². The van der Waals surface area contributed by atoms with Crippen molar-refractivity contribution < 1.29 is 9.53 Å². The molecule has 3 heterocycles. The number of nitriles is 1. The number of aromatic amines is 1. The Bertz CT molecular complexity index is 990. The van der Waals surface area contributed by atoms with Gasteiger partial charge in [-0.1, -0.05) is 0 Å². The number of nitrogens with one attached hydrogen (secondary N) is 1. The van der Waals surface area contributed by atoms with Crippen molar-refractivity contribution in [1.29, 1.82) is 5.26 Å². The van der Waals surface area contributed by atoms with Gasteiger partial charge in [-0.25, -0.2) is 14.8 Å². The van der Waals surface area contributed by atoms with E-state index in [1.54, 1.807) is 6.20 Å². The number of aromatic nitrogens is 4. The van der Waals surface area contributed by atoms with E-state index in [4.69, 9.17) is 15.7 Å². The summed E-state index contributed by atoms with van der Waals surface area (Å²) in [6, 6.07) is 4.52. The Kier molecular flexibility index (Phi) is 4.21. The molecule has 1 amide bonds. The average Bonchev–Trinajstić information content (AvgIpc) is 3.24. The van der Waals surface area contributed by atoms with Crippen LogP contribution in [0.4, 0.5) is 4.79 Å². The molecule has 0 spiro atoms. The Hall–Kier alpha value is -3.08. The Balaban J connectivity index is 1.77. The Labute approximate surface area is 150 Å². The van der Waals surface area contributed by atoms with Gasteiger partial charge < -0.3 is 20.0 Å². The molecular weight excluding hydrogens is 332 g/mol. The molecular formula is C18H20N6O2. The normalized spacial score (nSPS) is 20.3. The summed E-state index contributed by atoms with van der Waals surface area (Å²) in [6.45, 7) is 0.0358. The molecule has 4 rings (SSSR count). The molecule has 8 heteroatoms. The quantitative estimate of drug-likeness (QED) is 0.746. The van der Waals surface area contributed by atoms with Crippen LogP contribution in [0.15, 0.2) is 18.5 Å². The number of nitrogens with two attached hydrogens (primary N) is 1. The van der Waals surface area contributed by atoms with E-state index in [1.165, 1.54) is 0 Å². The molecule has 3 aromatic heterocycles. The number of amides is 1. The summed E-state index contributed by atoms with van der Waals surface area (Å²) < 4.78 is 7.21. The van der Waals surface area contributed by atoms with Crippen LogP contribution in [0.3, 0.4) is 0 Å². The zero-order chi connectivity index (χ0) is 18.1. The molecule has 26 heavy (non-hydrogen) atoms. The van der Waals surface area contributed by atoms with E-state index in [1.807, 2.05) is 12.3 Å². The van der Waals surface area contributed by atoms with Crippen molar-refractivity contribution in [3.63, 3.8) is 0 Å². The summed E-state index contributed by atoms with van der Waals surface area (Å²) in [6.07, 6.45) is 7.35. The van der Waals surface area contributed by atoms with Crippen molar-refractivity contribution >= 4 is 28.2 Å². The first-order valence-corrected chi connectivity index (χ1v) is 8.79. The number of pyridine rings is 1. The lowest BCUT2D eigenvalue weighted by atomic mass is 9.84. The fourth-order valence-corrected chi connectivity index (χ4v) is 4.01. The number of primary amides is 1. The molecule has 3 N–H and O–H groups in total. The van der Waals surface area contributed by atoms with Crippen molar-refractivity contribution in [1.82, 2.24) is 19.5 Å². The lowest BCUT2D eigenvalue weighted by Gasteiger charge is -2.29. The van der Waals surface area contributed by atoms with Gasteiger partial charge in [-0.05, 0) is 37.7 Å². The number of nitrogens with zero attached hydrogens (tertiary/aromatic N) is 4. The Morgan fingerprint density at radius 1 is 1.42 bits per heavy atom. The SMILES string of the molecule is N#CC[C@H]1CC[C@H](n2c(COC(N)=O)nc3cnc4[nH]ccc4c32)CC1. The van der Waals surface area contributed by atoms with Gasteiger partial charge in [-0.3, -0.25) is 0 Å². The highest BCUT2D eigenvalue weighted by Crippen LogP contribution is 2.37. The number of imidazole rings is 1. The molecule has 0 atom stereocenters. The first-order valence-electron chi connectivity index (χ1n) is 8.79. The summed E-state index contributed by atoms with van der Waals surface area (Å²) in [5.74, 6) is 1.14. The molecule has 8 nitrogen and oxygen atoms in total. The maximum Gasteiger partial charge on any atom is 0.404 e. The van der Waals surface area contributed by atoms with E-state index in [2.05, 4.69) is 25.6 Å². The third-order valence-electron chi connectivity index (χ3n) is 5.21. The van der Waals surface area contributed by atoms with E-state index in [0.29, 0.717) is 18.2 Å². The van der Waals surface area contributed by atoms with E-state index < -0.39 is 6.09 Å². The van der Waals surface area contributed by atoms with Crippen LogP contribution in [-0.2, 0) is 11.3 Å². The molecule has 1 saturated carbocycles. The first kappa shape index (κ1) is 16.4. The molecule has 1 aliphatic rings. The zero-order valence-corrected chi connectivity index (χ0v) is 14.3. The minimum Gasteiger partial charge on any atom is -0.442 e. The smallest absolute Gasteiger partial charge is 0.404 e. The molecule has 0 aliphatic heterocycles. The molecule has 3 aromatic rings. The van der Waals surface area contributed by atoms with E-state index in [9.17, 15) is 4.79 Å². The topological polar surface area (TPSA) is 123 Å². The Morgan fingerprint density at radius 3 is 2.96 bits per heavy atom. The third kappa shape index (κ3) is 2.86. The van der Waals surface area contributed by atoms with Crippen LogP contribution < -0.4 is 5.73 Å². The molecule has 0 aromatic carbocycles. The highest BCUT2D eigenvalue weighted by atomic mass is 16.5. The van der Waals surface area contributed by atoms with E-state index in [-0.39, 0.29) is 12.6 Å². The second-order valence-corrected chi connectivity index (χ2v) is 6.77. The van der Waals surface area contributed by atoms with Gasteiger partial charge in [0, 0.05) is 24.0 Å². The first-order chi connectivity index (χ1) is 12.7. The molecule has 1 aliphatic carbocycles. The average molecular weight is 352 g/mol. The molecule has 0 bridgehead atoms. The molecule has 0 radical (unpaired) electrons. The number of carbonyl (C=O) groups excluding carboxylic acids is 1. The third-order valence-corrected chi connectivity index (χ3v) is 5.21. The highest BCUT2D eigenvalue weighted by molar-refractivity contribution is 6.01. The van der Waals surface area contributed by atoms with Gasteiger partial charge in [0.15, 0.2) is 6.61 Å². The lowest BCUT2D eigenvalue weighted by molar-refractivity contribution is 0.144. The van der Waals surface area contributed by atoms with Crippen LogP contribution in [0.2, 0.25) is 0 Å². The van der Waals surface area contributed by atoms with Crippen molar-refractivity contribution in [2.45, 2.75) is 44.8 Å². The number of hydrogen-bond donors (Lipinski definition) is 2. The van der Waals surface area contributed by atoms with E-state index in [0.717, 1.165) is 47.8 Å². The van der Waals surface area contributed by atoms with Crippen molar-refractivity contribution in [3.05, 3.63) is 24.3 Å². The predicted molar refractivity (Wildman–Crippen MR) is 95.0 cm³/mol. The second-order valence-electron chi connectivity index (χ2n) is 6.77. The maximum atomic E-state index is 11.1. The molecule has 134 valence electrons. The van der Waals surface area contributed by atoms with Gasteiger partial charge in [-0.2, -0.15) is 5.26 Å². The summed E-state index contributed by atoms with van der Waals surface area (Å²) in [7, 11) is 0. The number of hydrogen-bond acceptors (Lipinski definition) is 5. The molecule has 1 fully saturated rings. The minimum absolute atomic E-state index is 0.0358. The second kappa shape index (κ2) is 6.67. The zero-order valence-electron chi connectivity index (χ0n) is 14.3. The number of fused-ring (bicyclic) bond motifs is 3. The number of ether oxygens (including phenoxy) is 1. The van der Waals surface area contributed by atoms with Crippen LogP contribution in [0.25, 0.3) is 22.1 Å². The van der Waals surface area contributed by atoms with Gasteiger partial charge in [0.2, 0.25) is 0 Å². The van der Waals surface area contributed by atoms with Gasteiger partial charge in [0.25, 0.3) is 0 Å². The predicted octanol–water partition coefficient (Wildman–Crippen LogP) is 3.15. The Morgan fingerprint density at radius 2 is 2.23 bits per heavy atom. The lowest BCUT2D eigenvalue weighted by Crippen LogP contribution is -2.21.